The molecule has 0 atom stereocenters. The van der Waals surface area contributed by atoms with Crippen molar-refractivity contribution in [1.29, 1.82) is 0 Å². The van der Waals surface area contributed by atoms with Gasteiger partial charge >= 0.3 is 0 Å². The third-order valence-corrected chi connectivity index (χ3v) is 3.92. The number of carbonyl (C=O) groups is 1. The monoisotopic (exact) mass is 313 g/mol. The number of likely N-dealkylation sites (N-methyl/N-ethyl adjacent to an activating group) is 1. The second-order valence-corrected chi connectivity index (χ2v) is 5.67. The minimum absolute atomic E-state index is 0.0526. The van der Waals surface area contributed by atoms with Crippen LogP contribution >= 0.6 is 11.3 Å². The number of benzene rings is 1. The van der Waals surface area contributed by atoms with Crippen molar-refractivity contribution < 1.29 is 4.79 Å². The Labute approximate surface area is 132 Å². The first-order valence-corrected chi connectivity index (χ1v) is 7.75. The fourth-order valence-electron chi connectivity index (χ4n) is 2.00. The standard InChI is InChI=1S/C15H15N5OS/c1-19(9-12-7-8-22-11-12)14(21)10-20-17-15(16-18-20)13-5-3-2-4-6-13/h2-8,11H,9-10H2,1H3. The first-order valence-electron chi connectivity index (χ1n) is 6.80. The van der Waals surface area contributed by atoms with Gasteiger partial charge in [0.05, 0.1) is 0 Å². The lowest BCUT2D eigenvalue weighted by atomic mass is 10.2. The van der Waals surface area contributed by atoms with Crippen LogP contribution in [0.1, 0.15) is 5.56 Å². The Morgan fingerprint density at radius 3 is 2.82 bits per heavy atom. The van der Waals surface area contributed by atoms with Crippen LogP contribution in [0.25, 0.3) is 11.4 Å². The number of aromatic nitrogens is 4. The highest BCUT2D eigenvalue weighted by molar-refractivity contribution is 7.07. The summed E-state index contributed by atoms with van der Waals surface area (Å²) in [6.07, 6.45) is 0. The molecule has 0 aliphatic heterocycles. The summed E-state index contributed by atoms with van der Waals surface area (Å²) in [4.78, 5) is 15.2. The molecule has 0 fully saturated rings. The zero-order chi connectivity index (χ0) is 15.4. The van der Waals surface area contributed by atoms with E-state index >= 15 is 0 Å². The Kier molecular flexibility index (Phi) is 4.24. The smallest absolute Gasteiger partial charge is 0.246 e. The van der Waals surface area contributed by atoms with Crippen LogP contribution in [-0.2, 0) is 17.9 Å². The van der Waals surface area contributed by atoms with Crippen LogP contribution in [0.15, 0.2) is 47.2 Å². The molecule has 1 amide bonds. The predicted molar refractivity (Wildman–Crippen MR) is 84.0 cm³/mol. The molecule has 0 spiro atoms. The van der Waals surface area contributed by atoms with Gasteiger partial charge in [-0.2, -0.15) is 16.1 Å². The fraction of sp³-hybridized carbons (Fsp3) is 0.200. The molecule has 0 unspecified atom stereocenters. The van der Waals surface area contributed by atoms with Crippen molar-refractivity contribution in [2.75, 3.05) is 7.05 Å². The summed E-state index contributed by atoms with van der Waals surface area (Å²) in [5.41, 5.74) is 2.00. The van der Waals surface area contributed by atoms with Crippen LogP contribution in [0.3, 0.4) is 0 Å². The van der Waals surface area contributed by atoms with Crippen LogP contribution in [0.2, 0.25) is 0 Å². The van der Waals surface area contributed by atoms with Gasteiger partial charge in [0.25, 0.3) is 0 Å². The van der Waals surface area contributed by atoms with E-state index in [9.17, 15) is 4.79 Å². The number of thiophene rings is 1. The van der Waals surface area contributed by atoms with E-state index in [1.54, 1.807) is 23.3 Å². The maximum absolute atomic E-state index is 12.2. The SMILES string of the molecule is CN(Cc1ccsc1)C(=O)Cn1nnc(-c2ccccc2)n1. The van der Waals surface area contributed by atoms with E-state index in [0.717, 1.165) is 11.1 Å². The van der Waals surface area contributed by atoms with Crippen LogP contribution < -0.4 is 0 Å². The first-order chi connectivity index (χ1) is 10.7. The molecule has 1 aromatic carbocycles. The molecule has 0 bridgehead atoms. The third kappa shape index (κ3) is 3.37. The van der Waals surface area contributed by atoms with Crippen molar-refractivity contribution in [3.8, 4) is 11.4 Å². The molecular formula is C15H15N5OS. The lowest BCUT2D eigenvalue weighted by molar-refractivity contribution is -0.131. The number of hydrogen-bond donors (Lipinski definition) is 0. The van der Waals surface area contributed by atoms with E-state index in [0.29, 0.717) is 12.4 Å². The maximum Gasteiger partial charge on any atom is 0.246 e. The minimum Gasteiger partial charge on any atom is -0.340 e. The summed E-state index contributed by atoms with van der Waals surface area (Å²) in [6, 6.07) is 11.6. The van der Waals surface area contributed by atoms with Crippen molar-refractivity contribution in [2.24, 2.45) is 0 Å². The van der Waals surface area contributed by atoms with Gasteiger partial charge in [-0.3, -0.25) is 4.79 Å². The van der Waals surface area contributed by atoms with Crippen molar-refractivity contribution in [1.82, 2.24) is 25.1 Å². The molecule has 0 aliphatic carbocycles. The number of amides is 1. The molecule has 7 heteroatoms. The normalized spacial score (nSPS) is 10.6. The number of tetrazole rings is 1. The van der Waals surface area contributed by atoms with E-state index in [2.05, 4.69) is 15.4 Å². The van der Waals surface area contributed by atoms with Gasteiger partial charge in [-0.05, 0) is 27.6 Å². The second kappa shape index (κ2) is 6.48. The van der Waals surface area contributed by atoms with Crippen molar-refractivity contribution in [2.45, 2.75) is 13.1 Å². The molecule has 2 aromatic heterocycles. The minimum atomic E-state index is -0.0526. The highest BCUT2D eigenvalue weighted by Crippen LogP contribution is 2.12. The molecule has 0 saturated heterocycles. The van der Waals surface area contributed by atoms with Crippen LogP contribution in [0.5, 0.6) is 0 Å². The molecule has 0 saturated carbocycles. The molecule has 6 nitrogen and oxygen atoms in total. The Balaban J connectivity index is 1.63. The zero-order valence-corrected chi connectivity index (χ0v) is 12.9. The van der Waals surface area contributed by atoms with E-state index in [-0.39, 0.29) is 12.5 Å². The molecule has 0 radical (unpaired) electrons. The maximum atomic E-state index is 12.2. The second-order valence-electron chi connectivity index (χ2n) is 4.89. The fourth-order valence-corrected chi connectivity index (χ4v) is 2.66. The van der Waals surface area contributed by atoms with Crippen molar-refractivity contribution in [3.63, 3.8) is 0 Å². The molecule has 112 valence electrons. The quantitative estimate of drug-likeness (QED) is 0.723. The van der Waals surface area contributed by atoms with Crippen LogP contribution in [-0.4, -0.2) is 38.1 Å². The van der Waals surface area contributed by atoms with E-state index in [1.165, 1.54) is 4.80 Å². The van der Waals surface area contributed by atoms with Crippen LogP contribution in [0.4, 0.5) is 0 Å². The van der Waals surface area contributed by atoms with Crippen LogP contribution in [0, 0.1) is 0 Å². The van der Waals surface area contributed by atoms with Gasteiger partial charge < -0.3 is 4.90 Å². The molecule has 3 aromatic rings. The zero-order valence-electron chi connectivity index (χ0n) is 12.1. The van der Waals surface area contributed by atoms with Gasteiger partial charge in [0.1, 0.15) is 6.54 Å². The summed E-state index contributed by atoms with van der Waals surface area (Å²) in [5.74, 6) is 0.470. The van der Waals surface area contributed by atoms with Crippen molar-refractivity contribution >= 4 is 17.2 Å². The van der Waals surface area contributed by atoms with Gasteiger partial charge in [0, 0.05) is 19.2 Å². The van der Waals surface area contributed by atoms with E-state index in [1.807, 2.05) is 47.2 Å². The molecule has 22 heavy (non-hydrogen) atoms. The topological polar surface area (TPSA) is 63.9 Å². The van der Waals surface area contributed by atoms with Gasteiger partial charge in [-0.25, -0.2) is 0 Å². The van der Waals surface area contributed by atoms with E-state index < -0.39 is 0 Å². The summed E-state index contributed by atoms with van der Waals surface area (Å²) in [7, 11) is 1.77. The molecule has 0 aliphatic rings. The Hall–Kier alpha value is -2.54. The number of hydrogen-bond acceptors (Lipinski definition) is 5. The average Bonchev–Trinajstić information content (AvgIpc) is 3.20. The Bertz CT molecular complexity index is 738. The summed E-state index contributed by atoms with van der Waals surface area (Å²) in [6.45, 7) is 0.670. The third-order valence-electron chi connectivity index (χ3n) is 3.19. The number of nitrogens with zero attached hydrogens (tertiary/aromatic N) is 5. The molecule has 0 N–H and O–H groups in total. The lowest BCUT2D eigenvalue weighted by Gasteiger charge is -2.15. The first kappa shape index (κ1) is 14.4. The number of rotatable bonds is 5. The Morgan fingerprint density at radius 2 is 2.09 bits per heavy atom. The highest BCUT2D eigenvalue weighted by atomic mass is 32.1. The molecule has 2 heterocycles. The largest absolute Gasteiger partial charge is 0.340 e. The van der Waals surface area contributed by atoms with E-state index in [4.69, 9.17) is 0 Å². The van der Waals surface area contributed by atoms with Gasteiger partial charge in [-0.15, -0.1) is 10.2 Å². The predicted octanol–water partition coefficient (Wildman–Crippen LogP) is 2.06. The number of carbonyl (C=O) groups excluding carboxylic acids is 1. The lowest BCUT2D eigenvalue weighted by Crippen LogP contribution is -2.30. The summed E-state index contributed by atoms with van der Waals surface area (Å²) in [5, 5.41) is 16.2. The summed E-state index contributed by atoms with van der Waals surface area (Å²) < 4.78 is 0. The summed E-state index contributed by atoms with van der Waals surface area (Å²) >= 11 is 1.62. The van der Waals surface area contributed by atoms with Gasteiger partial charge in [0.2, 0.25) is 11.7 Å². The molecule has 3 rings (SSSR count). The Morgan fingerprint density at radius 1 is 1.27 bits per heavy atom. The molecular weight excluding hydrogens is 298 g/mol. The highest BCUT2D eigenvalue weighted by Gasteiger charge is 2.13. The van der Waals surface area contributed by atoms with Gasteiger partial charge in [0.15, 0.2) is 0 Å². The average molecular weight is 313 g/mol. The van der Waals surface area contributed by atoms with Crippen molar-refractivity contribution in [3.05, 3.63) is 52.7 Å². The van der Waals surface area contributed by atoms with Gasteiger partial charge in [-0.1, -0.05) is 30.3 Å².